The minimum Gasteiger partial charge on any atom is -0.460 e. The summed E-state index contributed by atoms with van der Waals surface area (Å²) in [6, 6.07) is 7.37. The maximum atomic E-state index is 12.4. The Labute approximate surface area is 124 Å². The van der Waals surface area contributed by atoms with E-state index in [0.717, 1.165) is 0 Å². The molecule has 1 saturated carbocycles. The van der Waals surface area contributed by atoms with E-state index in [2.05, 4.69) is 0 Å². The first-order valence-corrected chi connectivity index (χ1v) is 7.43. The molecule has 0 radical (unpaired) electrons. The molecule has 112 valence electrons. The van der Waals surface area contributed by atoms with Crippen molar-refractivity contribution in [2.45, 2.75) is 39.0 Å². The summed E-state index contributed by atoms with van der Waals surface area (Å²) in [4.78, 5) is 35.9. The van der Waals surface area contributed by atoms with Crippen molar-refractivity contribution in [1.29, 1.82) is 0 Å². The van der Waals surface area contributed by atoms with Crippen molar-refractivity contribution < 1.29 is 19.1 Å². The quantitative estimate of drug-likeness (QED) is 0.335. The van der Waals surface area contributed by atoms with E-state index < -0.39 is 17.7 Å². The first kappa shape index (κ1) is 15.4. The van der Waals surface area contributed by atoms with E-state index in [1.165, 1.54) is 18.4 Å². The summed E-state index contributed by atoms with van der Waals surface area (Å²) in [6.45, 7) is 3.48. The summed E-state index contributed by atoms with van der Waals surface area (Å²) < 4.78 is 4.69. The van der Waals surface area contributed by atoms with Gasteiger partial charge in [0.15, 0.2) is 5.78 Å². The topological polar surface area (TPSA) is 60.4 Å². The number of carbonyl (C=O) groups excluding carboxylic acids is 3. The molecule has 1 atom stereocenters. The standard InChI is InChI=1S/C17H20O4/c1-3-14(16(19)17(20)21-4-2)15(18)13-9-7-12(8-10-13)11-5-6-11/h7-11,14H,3-6H2,1-2H3. The van der Waals surface area contributed by atoms with Crippen LogP contribution in [0.3, 0.4) is 0 Å². The third-order valence-corrected chi connectivity index (χ3v) is 3.76. The van der Waals surface area contributed by atoms with Crippen LogP contribution in [0.1, 0.15) is 54.9 Å². The second kappa shape index (κ2) is 6.66. The Bertz CT molecular complexity index is 540. The van der Waals surface area contributed by atoms with E-state index in [1.54, 1.807) is 26.0 Å². The molecule has 0 aliphatic heterocycles. The van der Waals surface area contributed by atoms with Crippen LogP contribution in [0.4, 0.5) is 0 Å². The number of carbonyl (C=O) groups is 3. The highest BCUT2D eigenvalue weighted by molar-refractivity contribution is 6.39. The molecule has 1 aromatic rings. The highest BCUT2D eigenvalue weighted by Crippen LogP contribution is 2.40. The van der Waals surface area contributed by atoms with Crippen LogP contribution in [-0.4, -0.2) is 24.1 Å². The summed E-state index contributed by atoms with van der Waals surface area (Å²) in [5.74, 6) is -2.31. The van der Waals surface area contributed by atoms with Crippen LogP contribution in [0.5, 0.6) is 0 Å². The predicted octanol–water partition coefficient (Wildman–Crippen LogP) is 2.91. The lowest BCUT2D eigenvalue weighted by molar-refractivity contribution is -0.154. The summed E-state index contributed by atoms with van der Waals surface area (Å²) in [7, 11) is 0. The molecule has 1 aromatic carbocycles. The molecule has 0 heterocycles. The predicted molar refractivity (Wildman–Crippen MR) is 78.2 cm³/mol. The van der Waals surface area contributed by atoms with E-state index >= 15 is 0 Å². The molecule has 0 aromatic heterocycles. The van der Waals surface area contributed by atoms with E-state index in [9.17, 15) is 14.4 Å². The second-order valence-corrected chi connectivity index (χ2v) is 5.31. The summed E-state index contributed by atoms with van der Waals surface area (Å²) >= 11 is 0. The van der Waals surface area contributed by atoms with Gasteiger partial charge < -0.3 is 4.74 Å². The fraction of sp³-hybridized carbons (Fsp3) is 0.471. The lowest BCUT2D eigenvalue weighted by atomic mass is 9.90. The first-order valence-electron chi connectivity index (χ1n) is 7.43. The molecule has 1 aliphatic carbocycles. The Balaban J connectivity index is 2.11. The fourth-order valence-corrected chi connectivity index (χ4v) is 2.37. The molecule has 1 aliphatic rings. The van der Waals surface area contributed by atoms with Gasteiger partial charge in [-0.15, -0.1) is 0 Å². The number of ketones is 2. The van der Waals surface area contributed by atoms with Crippen molar-refractivity contribution in [2.75, 3.05) is 6.61 Å². The van der Waals surface area contributed by atoms with Crippen LogP contribution in [0.2, 0.25) is 0 Å². The highest BCUT2D eigenvalue weighted by Gasteiger charge is 2.32. The first-order chi connectivity index (χ1) is 10.1. The van der Waals surface area contributed by atoms with Crippen molar-refractivity contribution in [1.82, 2.24) is 0 Å². The zero-order valence-electron chi connectivity index (χ0n) is 12.4. The molecule has 1 fully saturated rings. The Hall–Kier alpha value is -1.97. The third kappa shape index (κ3) is 3.57. The highest BCUT2D eigenvalue weighted by atomic mass is 16.5. The Morgan fingerprint density at radius 2 is 1.76 bits per heavy atom. The average Bonchev–Trinajstić information content (AvgIpc) is 3.33. The summed E-state index contributed by atoms with van der Waals surface area (Å²) in [5.41, 5.74) is 1.71. The Morgan fingerprint density at radius 3 is 2.24 bits per heavy atom. The van der Waals surface area contributed by atoms with Crippen molar-refractivity contribution in [3.05, 3.63) is 35.4 Å². The number of esters is 1. The number of rotatable bonds is 7. The number of ether oxygens (including phenoxy) is 1. The fourth-order valence-electron chi connectivity index (χ4n) is 2.37. The van der Waals surface area contributed by atoms with Gasteiger partial charge in [-0.3, -0.25) is 9.59 Å². The maximum Gasteiger partial charge on any atom is 0.375 e. The SMILES string of the molecule is CCOC(=O)C(=O)C(CC)C(=O)c1ccc(C2CC2)cc1. The van der Waals surface area contributed by atoms with Crippen LogP contribution in [-0.2, 0) is 14.3 Å². The molecule has 0 N–H and O–H groups in total. The minimum absolute atomic E-state index is 0.130. The molecular weight excluding hydrogens is 268 g/mol. The van der Waals surface area contributed by atoms with Gasteiger partial charge in [-0.25, -0.2) is 4.79 Å². The zero-order valence-corrected chi connectivity index (χ0v) is 12.4. The largest absolute Gasteiger partial charge is 0.460 e. The van der Waals surface area contributed by atoms with E-state index in [1.807, 2.05) is 12.1 Å². The van der Waals surface area contributed by atoms with Gasteiger partial charge in [0.2, 0.25) is 0 Å². The second-order valence-electron chi connectivity index (χ2n) is 5.31. The van der Waals surface area contributed by atoms with Gasteiger partial charge in [-0.05, 0) is 37.7 Å². The Morgan fingerprint density at radius 1 is 1.14 bits per heavy atom. The molecule has 4 heteroatoms. The van der Waals surface area contributed by atoms with Crippen LogP contribution in [0.25, 0.3) is 0 Å². The minimum atomic E-state index is -0.948. The van der Waals surface area contributed by atoms with Gasteiger partial charge in [-0.2, -0.15) is 0 Å². The summed E-state index contributed by atoms with van der Waals surface area (Å²) in [6.07, 6.45) is 2.69. The molecular formula is C17H20O4. The number of hydrogen-bond acceptors (Lipinski definition) is 4. The summed E-state index contributed by atoms with van der Waals surface area (Å²) in [5, 5.41) is 0. The maximum absolute atomic E-state index is 12.4. The van der Waals surface area contributed by atoms with E-state index in [0.29, 0.717) is 17.9 Å². The van der Waals surface area contributed by atoms with Gasteiger partial charge in [0.25, 0.3) is 5.78 Å². The van der Waals surface area contributed by atoms with Gasteiger partial charge in [-0.1, -0.05) is 31.2 Å². The lowest BCUT2D eigenvalue weighted by Crippen LogP contribution is -2.31. The number of Topliss-reactive ketones (excluding diaryl/α,β-unsaturated/α-hetero) is 2. The molecule has 1 unspecified atom stereocenters. The van der Waals surface area contributed by atoms with Crippen molar-refractivity contribution >= 4 is 17.5 Å². The lowest BCUT2D eigenvalue weighted by Gasteiger charge is -2.12. The molecule has 0 spiro atoms. The van der Waals surface area contributed by atoms with Crippen molar-refractivity contribution in [2.24, 2.45) is 5.92 Å². The van der Waals surface area contributed by atoms with Gasteiger partial charge in [0, 0.05) is 5.56 Å². The Kier molecular flexibility index (Phi) is 4.89. The molecule has 21 heavy (non-hydrogen) atoms. The van der Waals surface area contributed by atoms with Crippen molar-refractivity contribution in [3.63, 3.8) is 0 Å². The number of benzene rings is 1. The van der Waals surface area contributed by atoms with Gasteiger partial charge in [0.05, 0.1) is 12.5 Å². The van der Waals surface area contributed by atoms with Crippen LogP contribution in [0.15, 0.2) is 24.3 Å². The number of hydrogen-bond donors (Lipinski definition) is 0. The van der Waals surface area contributed by atoms with Gasteiger partial charge >= 0.3 is 5.97 Å². The van der Waals surface area contributed by atoms with E-state index in [-0.39, 0.29) is 12.4 Å². The molecule has 0 saturated heterocycles. The monoisotopic (exact) mass is 288 g/mol. The van der Waals surface area contributed by atoms with Crippen LogP contribution in [0, 0.1) is 5.92 Å². The molecule has 0 bridgehead atoms. The molecule has 4 nitrogen and oxygen atoms in total. The van der Waals surface area contributed by atoms with Gasteiger partial charge in [0.1, 0.15) is 0 Å². The molecule has 2 rings (SSSR count). The van der Waals surface area contributed by atoms with E-state index in [4.69, 9.17) is 4.74 Å². The van der Waals surface area contributed by atoms with Crippen LogP contribution < -0.4 is 0 Å². The van der Waals surface area contributed by atoms with Crippen molar-refractivity contribution in [3.8, 4) is 0 Å². The zero-order chi connectivity index (χ0) is 15.4. The average molecular weight is 288 g/mol. The smallest absolute Gasteiger partial charge is 0.375 e. The third-order valence-electron chi connectivity index (χ3n) is 3.76. The normalized spacial score (nSPS) is 15.3. The molecule has 0 amide bonds. The van der Waals surface area contributed by atoms with Crippen LogP contribution >= 0.6 is 0 Å².